The number of hydrogen-bond acceptors (Lipinski definition) is 5. The van der Waals surface area contributed by atoms with Crippen LogP contribution in [0.1, 0.15) is 50.7 Å². The molecule has 1 rings (SSSR count). The Morgan fingerprint density at radius 2 is 1.86 bits per heavy atom. The standard InChI is InChI=1S/C15H28N4OS/c1-6-11(5)10-19(9-4)14(20)12-13(16)17-15(21-12)18(7-2)8-3/h11H,6-10,16H2,1-5H3. The molecular formula is C15H28N4OS. The second-order valence-electron chi connectivity index (χ2n) is 5.24. The van der Waals surface area contributed by atoms with E-state index in [9.17, 15) is 4.79 Å². The molecule has 0 aliphatic carbocycles. The molecule has 2 N–H and O–H groups in total. The Bertz CT molecular complexity index is 457. The van der Waals surface area contributed by atoms with Crippen LogP contribution in [-0.2, 0) is 0 Å². The molecule has 1 unspecified atom stereocenters. The average Bonchev–Trinajstić information content (AvgIpc) is 2.86. The minimum atomic E-state index is 0.00575. The SMILES string of the molecule is CCC(C)CN(CC)C(=O)c1sc(N(CC)CC)nc1N. The second-order valence-corrected chi connectivity index (χ2v) is 6.22. The van der Waals surface area contributed by atoms with Gasteiger partial charge < -0.3 is 15.5 Å². The van der Waals surface area contributed by atoms with Crippen molar-refractivity contribution in [2.75, 3.05) is 36.8 Å². The zero-order valence-electron chi connectivity index (χ0n) is 13.8. The first-order valence-electron chi connectivity index (χ1n) is 7.78. The minimum absolute atomic E-state index is 0.00575. The Morgan fingerprint density at radius 1 is 1.24 bits per heavy atom. The van der Waals surface area contributed by atoms with Crippen molar-refractivity contribution in [1.82, 2.24) is 9.88 Å². The van der Waals surface area contributed by atoms with Crippen LogP contribution in [0.4, 0.5) is 10.9 Å². The van der Waals surface area contributed by atoms with Gasteiger partial charge in [0.2, 0.25) is 0 Å². The lowest BCUT2D eigenvalue weighted by Gasteiger charge is -2.23. The first kappa shape index (κ1) is 17.8. The summed E-state index contributed by atoms with van der Waals surface area (Å²) in [6.07, 6.45) is 1.06. The van der Waals surface area contributed by atoms with Gasteiger partial charge in [0.05, 0.1) is 0 Å². The maximum absolute atomic E-state index is 12.7. The molecule has 1 atom stereocenters. The molecule has 120 valence electrons. The topological polar surface area (TPSA) is 62.5 Å². The van der Waals surface area contributed by atoms with E-state index >= 15 is 0 Å². The third-order valence-corrected chi connectivity index (χ3v) is 4.89. The number of nitrogens with two attached hydrogens (primary N) is 1. The highest BCUT2D eigenvalue weighted by Crippen LogP contribution is 2.29. The van der Waals surface area contributed by atoms with Crippen molar-refractivity contribution in [3.63, 3.8) is 0 Å². The van der Waals surface area contributed by atoms with Crippen LogP contribution in [0.5, 0.6) is 0 Å². The first-order valence-corrected chi connectivity index (χ1v) is 8.60. The molecular weight excluding hydrogens is 284 g/mol. The third-order valence-electron chi connectivity index (χ3n) is 3.77. The molecule has 0 spiro atoms. The molecule has 0 aromatic carbocycles. The summed E-state index contributed by atoms with van der Waals surface area (Å²) < 4.78 is 0. The Hall–Kier alpha value is -1.30. The van der Waals surface area contributed by atoms with Crippen LogP contribution in [0.15, 0.2) is 0 Å². The molecule has 0 saturated carbocycles. The number of rotatable bonds is 8. The summed E-state index contributed by atoms with van der Waals surface area (Å²) in [5, 5.41) is 0.834. The Labute approximate surface area is 132 Å². The van der Waals surface area contributed by atoms with Crippen LogP contribution in [0.2, 0.25) is 0 Å². The van der Waals surface area contributed by atoms with Crippen molar-refractivity contribution in [3.8, 4) is 0 Å². The van der Waals surface area contributed by atoms with Gasteiger partial charge in [-0.3, -0.25) is 4.79 Å². The van der Waals surface area contributed by atoms with Gasteiger partial charge >= 0.3 is 0 Å². The highest BCUT2D eigenvalue weighted by Gasteiger charge is 2.23. The fourth-order valence-corrected chi connectivity index (χ4v) is 3.19. The van der Waals surface area contributed by atoms with Gasteiger partial charge in [0, 0.05) is 26.2 Å². The van der Waals surface area contributed by atoms with Gasteiger partial charge in [-0.05, 0) is 26.7 Å². The predicted octanol–water partition coefficient (Wildman–Crippen LogP) is 3.08. The number of hydrogen-bond donors (Lipinski definition) is 1. The molecule has 0 saturated heterocycles. The molecule has 0 radical (unpaired) electrons. The van der Waals surface area contributed by atoms with E-state index < -0.39 is 0 Å². The average molecular weight is 312 g/mol. The number of nitrogen functional groups attached to an aromatic ring is 1. The van der Waals surface area contributed by atoms with E-state index in [4.69, 9.17) is 5.73 Å². The van der Waals surface area contributed by atoms with Crippen LogP contribution in [0.3, 0.4) is 0 Å². The monoisotopic (exact) mass is 312 g/mol. The highest BCUT2D eigenvalue weighted by molar-refractivity contribution is 7.18. The number of thiazole rings is 1. The Kier molecular flexibility index (Phi) is 6.95. The lowest BCUT2D eigenvalue weighted by molar-refractivity contribution is 0.0746. The number of anilines is 2. The van der Waals surface area contributed by atoms with Gasteiger partial charge in [0.25, 0.3) is 5.91 Å². The van der Waals surface area contributed by atoms with Gasteiger partial charge in [0.15, 0.2) is 5.13 Å². The van der Waals surface area contributed by atoms with Gasteiger partial charge in [-0.1, -0.05) is 31.6 Å². The minimum Gasteiger partial charge on any atom is -0.382 e. The van der Waals surface area contributed by atoms with E-state index in [0.29, 0.717) is 23.2 Å². The van der Waals surface area contributed by atoms with Crippen molar-refractivity contribution in [3.05, 3.63) is 4.88 Å². The molecule has 0 bridgehead atoms. The molecule has 6 heteroatoms. The maximum Gasteiger partial charge on any atom is 0.267 e. The number of amides is 1. The molecule has 1 heterocycles. The van der Waals surface area contributed by atoms with Crippen molar-refractivity contribution in [2.45, 2.75) is 41.0 Å². The molecule has 0 aliphatic rings. The summed E-state index contributed by atoms with van der Waals surface area (Å²) in [6, 6.07) is 0. The quantitative estimate of drug-likeness (QED) is 0.801. The Morgan fingerprint density at radius 3 is 2.33 bits per heavy atom. The lowest BCUT2D eigenvalue weighted by Crippen LogP contribution is -2.34. The smallest absolute Gasteiger partial charge is 0.267 e. The van der Waals surface area contributed by atoms with Gasteiger partial charge in [-0.2, -0.15) is 0 Å². The summed E-state index contributed by atoms with van der Waals surface area (Å²) in [7, 11) is 0. The second kappa shape index (κ2) is 8.22. The fourth-order valence-electron chi connectivity index (χ4n) is 2.11. The summed E-state index contributed by atoms with van der Waals surface area (Å²) in [5.41, 5.74) is 5.97. The normalized spacial score (nSPS) is 12.2. The van der Waals surface area contributed by atoms with Crippen LogP contribution in [0, 0.1) is 5.92 Å². The van der Waals surface area contributed by atoms with Crippen molar-refractivity contribution >= 4 is 28.2 Å². The van der Waals surface area contributed by atoms with E-state index in [0.717, 1.165) is 31.2 Å². The van der Waals surface area contributed by atoms with Crippen LogP contribution >= 0.6 is 11.3 Å². The summed E-state index contributed by atoms with van der Waals surface area (Å²) in [5.74, 6) is 0.853. The first-order chi connectivity index (χ1) is 9.98. The van der Waals surface area contributed by atoms with Crippen LogP contribution in [0.25, 0.3) is 0 Å². The van der Waals surface area contributed by atoms with Crippen molar-refractivity contribution in [1.29, 1.82) is 0 Å². The van der Waals surface area contributed by atoms with Gasteiger partial charge in [-0.25, -0.2) is 4.98 Å². The van der Waals surface area contributed by atoms with Crippen LogP contribution in [-0.4, -0.2) is 42.0 Å². The Balaban J connectivity index is 2.95. The summed E-state index contributed by atoms with van der Waals surface area (Å²) in [4.78, 5) is 21.6. The van der Waals surface area contributed by atoms with Gasteiger partial charge in [0.1, 0.15) is 10.7 Å². The number of carbonyl (C=O) groups excluding carboxylic acids is 1. The zero-order chi connectivity index (χ0) is 16.0. The molecule has 0 fully saturated rings. The van der Waals surface area contributed by atoms with Crippen LogP contribution < -0.4 is 10.6 Å². The highest BCUT2D eigenvalue weighted by atomic mass is 32.1. The largest absolute Gasteiger partial charge is 0.382 e. The number of carbonyl (C=O) groups is 1. The van der Waals surface area contributed by atoms with E-state index in [-0.39, 0.29) is 5.91 Å². The molecule has 0 aliphatic heterocycles. The molecule has 1 aromatic rings. The summed E-state index contributed by atoms with van der Waals surface area (Å²) >= 11 is 1.40. The predicted molar refractivity (Wildman–Crippen MR) is 91.1 cm³/mol. The molecule has 21 heavy (non-hydrogen) atoms. The van der Waals surface area contributed by atoms with Gasteiger partial charge in [-0.15, -0.1) is 0 Å². The van der Waals surface area contributed by atoms with Crippen molar-refractivity contribution < 1.29 is 4.79 Å². The van der Waals surface area contributed by atoms with E-state index in [1.54, 1.807) is 0 Å². The third kappa shape index (κ3) is 4.33. The van der Waals surface area contributed by atoms with Crippen molar-refractivity contribution in [2.24, 2.45) is 5.92 Å². The lowest BCUT2D eigenvalue weighted by atomic mass is 10.1. The maximum atomic E-state index is 12.7. The van der Waals surface area contributed by atoms with E-state index in [1.165, 1.54) is 11.3 Å². The molecule has 5 nitrogen and oxygen atoms in total. The van der Waals surface area contributed by atoms with E-state index in [1.807, 2.05) is 11.8 Å². The summed E-state index contributed by atoms with van der Waals surface area (Å²) in [6.45, 7) is 13.6. The molecule has 1 amide bonds. The zero-order valence-corrected chi connectivity index (χ0v) is 14.7. The fraction of sp³-hybridized carbons (Fsp3) is 0.733. The number of aromatic nitrogens is 1. The van der Waals surface area contributed by atoms with E-state index in [2.05, 4.69) is 37.6 Å². The number of nitrogens with zero attached hydrogens (tertiary/aromatic N) is 3. The molecule has 1 aromatic heterocycles.